The summed E-state index contributed by atoms with van der Waals surface area (Å²) < 4.78 is 23.6. The highest BCUT2D eigenvalue weighted by atomic mass is 19.1. The molecule has 0 bridgehead atoms. The van der Waals surface area contributed by atoms with Crippen LogP contribution < -0.4 is 20.1 Å². The van der Waals surface area contributed by atoms with Crippen molar-refractivity contribution in [2.45, 2.75) is 12.8 Å². The number of anilines is 2. The fourth-order valence-electron chi connectivity index (χ4n) is 4.18. The molecule has 1 aliphatic carbocycles. The predicted molar refractivity (Wildman–Crippen MR) is 103 cm³/mol. The van der Waals surface area contributed by atoms with Gasteiger partial charge in [0.15, 0.2) is 11.5 Å². The van der Waals surface area contributed by atoms with Crippen molar-refractivity contribution in [1.82, 2.24) is 4.90 Å². The van der Waals surface area contributed by atoms with E-state index < -0.39 is 0 Å². The number of nitrogens with one attached hydrogen (secondary N) is 2. The van der Waals surface area contributed by atoms with Crippen LogP contribution in [0.4, 0.5) is 20.6 Å². The first-order valence-corrected chi connectivity index (χ1v) is 9.54. The fourth-order valence-corrected chi connectivity index (χ4v) is 4.18. The summed E-state index contributed by atoms with van der Waals surface area (Å²) in [5.41, 5.74) is 1.07. The number of fused-ring (bicyclic) bond motifs is 1. The lowest BCUT2D eigenvalue weighted by Crippen LogP contribution is -2.33. The minimum absolute atomic E-state index is 0.0374. The molecule has 29 heavy (non-hydrogen) atoms. The van der Waals surface area contributed by atoms with Gasteiger partial charge in [0, 0.05) is 41.9 Å². The zero-order valence-corrected chi connectivity index (χ0v) is 15.6. The molecule has 2 unspecified atom stereocenters. The number of urea groups is 1. The molecule has 8 heteroatoms. The third kappa shape index (κ3) is 3.35. The van der Waals surface area contributed by atoms with Gasteiger partial charge in [0.25, 0.3) is 0 Å². The van der Waals surface area contributed by atoms with Gasteiger partial charge >= 0.3 is 6.03 Å². The Morgan fingerprint density at radius 1 is 1.03 bits per heavy atom. The summed E-state index contributed by atoms with van der Waals surface area (Å²) in [5.74, 6) is 0.793. The van der Waals surface area contributed by atoms with Gasteiger partial charge in [-0.1, -0.05) is 0 Å². The van der Waals surface area contributed by atoms with E-state index in [1.54, 1.807) is 23.1 Å². The van der Waals surface area contributed by atoms with Crippen LogP contribution in [0.15, 0.2) is 42.5 Å². The van der Waals surface area contributed by atoms with Crippen LogP contribution in [-0.2, 0) is 4.79 Å². The number of rotatable bonds is 3. The molecule has 1 spiro atoms. The third-order valence-corrected chi connectivity index (χ3v) is 5.91. The first kappa shape index (κ1) is 17.8. The number of ether oxygens (including phenoxy) is 2. The fraction of sp³-hybridized carbons (Fsp3) is 0.333. The molecule has 2 aromatic carbocycles. The minimum Gasteiger partial charge on any atom is -0.454 e. The SMILES string of the molecule is O=C(Nc1ccc2c(c1)OCO2)C1CC12CCN(C(=O)Nc1ccc(F)cc1)C2. The smallest absolute Gasteiger partial charge is 0.321 e. The van der Waals surface area contributed by atoms with Gasteiger partial charge in [-0.05, 0) is 49.2 Å². The zero-order valence-electron chi connectivity index (χ0n) is 15.6. The van der Waals surface area contributed by atoms with Crippen molar-refractivity contribution in [3.63, 3.8) is 0 Å². The van der Waals surface area contributed by atoms with E-state index in [0.717, 1.165) is 12.8 Å². The van der Waals surface area contributed by atoms with E-state index in [2.05, 4.69) is 10.6 Å². The predicted octanol–water partition coefficient (Wildman–Crippen LogP) is 3.44. The second-order valence-electron chi connectivity index (χ2n) is 7.78. The summed E-state index contributed by atoms with van der Waals surface area (Å²) in [4.78, 5) is 26.9. The van der Waals surface area contributed by atoms with Gasteiger partial charge in [0.1, 0.15) is 5.82 Å². The minimum atomic E-state index is -0.350. The van der Waals surface area contributed by atoms with Crippen LogP contribution in [0.2, 0.25) is 0 Å². The van der Waals surface area contributed by atoms with E-state index >= 15 is 0 Å². The topological polar surface area (TPSA) is 79.9 Å². The quantitative estimate of drug-likeness (QED) is 0.832. The second-order valence-corrected chi connectivity index (χ2v) is 7.78. The summed E-state index contributed by atoms with van der Waals surface area (Å²) in [5, 5.41) is 5.72. The van der Waals surface area contributed by atoms with Crippen LogP contribution in [0.3, 0.4) is 0 Å². The van der Waals surface area contributed by atoms with Crippen molar-refractivity contribution >= 4 is 23.3 Å². The van der Waals surface area contributed by atoms with Crippen LogP contribution >= 0.6 is 0 Å². The standard InChI is InChI=1S/C21H20FN3O4/c22-13-1-3-14(4-2-13)24-20(27)25-8-7-21(11-25)10-16(21)19(26)23-15-5-6-17-18(9-15)29-12-28-17/h1-6,9,16H,7-8,10-12H2,(H,23,26)(H,24,27). The molecule has 2 aromatic rings. The molecule has 2 atom stereocenters. The van der Waals surface area contributed by atoms with Crippen LogP contribution in [0.1, 0.15) is 12.8 Å². The molecule has 7 nitrogen and oxygen atoms in total. The summed E-state index contributed by atoms with van der Waals surface area (Å²) in [6.45, 7) is 1.33. The average molecular weight is 397 g/mol. The summed E-state index contributed by atoms with van der Waals surface area (Å²) >= 11 is 0. The zero-order chi connectivity index (χ0) is 20.0. The van der Waals surface area contributed by atoms with E-state index in [1.807, 2.05) is 0 Å². The molecule has 0 aromatic heterocycles. The average Bonchev–Trinajstić information content (AvgIpc) is 3.02. The maximum absolute atomic E-state index is 13.0. The van der Waals surface area contributed by atoms with Gasteiger partial charge < -0.3 is 25.0 Å². The Morgan fingerprint density at radius 2 is 1.79 bits per heavy atom. The van der Waals surface area contributed by atoms with Gasteiger partial charge in [0.2, 0.25) is 12.7 Å². The van der Waals surface area contributed by atoms with Gasteiger partial charge in [0.05, 0.1) is 0 Å². The molecule has 1 saturated carbocycles. The molecule has 2 aliphatic heterocycles. The van der Waals surface area contributed by atoms with E-state index in [0.29, 0.717) is 36.0 Å². The summed E-state index contributed by atoms with van der Waals surface area (Å²) in [7, 11) is 0. The molecule has 2 fully saturated rings. The lowest BCUT2D eigenvalue weighted by molar-refractivity contribution is -0.118. The number of benzene rings is 2. The summed E-state index contributed by atoms with van der Waals surface area (Å²) in [6.07, 6.45) is 1.56. The first-order chi connectivity index (χ1) is 14.0. The molecular formula is C21H20FN3O4. The van der Waals surface area contributed by atoms with Crippen molar-refractivity contribution in [2.75, 3.05) is 30.5 Å². The number of amides is 3. The number of nitrogens with zero attached hydrogens (tertiary/aromatic N) is 1. The normalized spacial score (nSPS) is 23.9. The van der Waals surface area contributed by atoms with E-state index in [-0.39, 0.29) is 35.9 Å². The third-order valence-electron chi connectivity index (χ3n) is 5.91. The Kier molecular flexibility index (Phi) is 4.08. The highest BCUT2D eigenvalue weighted by Gasteiger charge is 2.61. The number of likely N-dealkylation sites (tertiary alicyclic amines) is 1. The van der Waals surface area contributed by atoms with Crippen molar-refractivity contribution in [2.24, 2.45) is 11.3 Å². The first-order valence-electron chi connectivity index (χ1n) is 9.54. The summed E-state index contributed by atoms with van der Waals surface area (Å²) in [6, 6.07) is 10.8. The van der Waals surface area contributed by atoms with E-state index in [4.69, 9.17) is 9.47 Å². The van der Waals surface area contributed by atoms with E-state index in [9.17, 15) is 14.0 Å². The van der Waals surface area contributed by atoms with Crippen LogP contribution in [0.5, 0.6) is 11.5 Å². The molecule has 3 amide bonds. The van der Waals surface area contributed by atoms with Crippen molar-refractivity contribution in [3.8, 4) is 11.5 Å². The van der Waals surface area contributed by atoms with Crippen molar-refractivity contribution in [1.29, 1.82) is 0 Å². The van der Waals surface area contributed by atoms with Gasteiger partial charge in [-0.15, -0.1) is 0 Å². The number of carbonyl (C=O) groups is 2. The van der Waals surface area contributed by atoms with Crippen molar-refractivity contribution < 1.29 is 23.5 Å². The second kappa shape index (κ2) is 6.65. The monoisotopic (exact) mass is 397 g/mol. The van der Waals surface area contributed by atoms with Crippen LogP contribution in [0.25, 0.3) is 0 Å². The number of hydrogen-bond donors (Lipinski definition) is 2. The van der Waals surface area contributed by atoms with Gasteiger partial charge in [-0.2, -0.15) is 0 Å². The molecule has 2 N–H and O–H groups in total. The number of hydrogen-bond acceptors (Lipinski definition) is 4. The van der Waals surface area contributed by atoms with Crippen LogP contribution in [-0.4, -0.2) is 36.7 Å². The van der Waals surface area contributed by atoms with Gasteiger partial charge in [-0.3, -0.25) is 4.79 Å². The lowest BCUT2D eigenvalue weighted by atomic mass is 10.0. The van der Waals surface area contributed by atoms with Gasteiger partial charge in [-0.25, -0.2) is 9.18 Å². The molecular weight excluding hydrogens is 377 g/mol. The highest BCUT2D eigenvalue weighted by molar-refractivity contribution is 5.96. The lowest BCUT2D eigenvalue weighted by Gasteiger charge is -2.17. The molecule has 0 radical (unpaired) electrons. The highest BCUT2D eigenvalue weighted by Crippen LogP contribution is 2.58. The molecule has 2 heterocycles. The Hall–Kier alpha value is -3.29. The number of halogens is 1. The Balaban J connectivity index is 1.18. The van der Waals surface area contributed by atoms with Crippen molar-refractivity contribution in [3.05, 3.63) is 48.3 Å². The van der Waals surface area contributed by atoms with E-state index in [1.165, 1.54) is 24.3 Å². The Morgan fingerprint density at radius 3 is 2.62 bits per heavy atom. The molecule has 150 valence electrons. The maximum atomic E-state index is 13.0. The molecule has 5 rings (SSSR count). The van der Waals surface area contributed by atoms with Crippen LogP contribution in [0, 0.1) is 17.2 Å². The largest absolute Gasteiger partial charge is 0.454 e. The Bertz CT molecular complexity index is 980. The number of carbonyl (C=O) groups excluding carboxylic acids is 2. The molecule has 1 saturated heterocycles. The Labute approximate surface area is 166 Å². The molecule has 3 aliphatic rings. The maximum Gasteiger partial charge on any atom is 0.321 e.